The molecule has 2 heterocycles. The highest BCUT2D eigenvalue weighted by Crippen LogP contribution is 2.21. The summed E-state index contributed by atoms with van der Waals surface area (Å²) in [5.41, 5.74) is 2.43. The Bertz CT molecular complexity index is 582. The summed E-state index contributed by atoms with van der Waals surface area (Å²) in [5.74, 6) is 0.976. The molecule has 116 valence electrons. The minimum Gasteiger partial charge on any atom is -0.329 e. The Kier molecular flexibility index (Phi) is 4.71. The predicted octanol–water partition coefficient (Wildman–Crippen LogP) is 2.64. The van der Waals surface area contributed by atoms with E-state index in [0.29, 0.717) is 6.04 Å². The summed E-state index contributed by atoms with van der Waals surface area (Å²) in [6.45, 7) is 6.50. The smallest absolute Gasteiger partial charge is 0.132 e. The minimum absolute atomic E-state index is 0.574. The van der Waals surface area contributed by atoms with Crippen LogP contribution >= 0.6 is 0 Å². The molecule has 2 aromatic rings. The van der Waals surface area contributed by atoms with Crippen molar-refractivity contribution in [3.8, 4) is 0 Å². The van der Waals surface area contributed by atoms with Gasteiger partial charge in [0.25, 0.3) is 0 Å². The highest BCUT2D eigenvalue weighted by atomic mass is 15.2. The van der Waals surface area contributed by atoms with Crippen LogP contribution in [0.3, 0.4) is 0 Å². The first-order chi connectivity index (χ1) is 10.7. The third kappa shape index (κ3) is 3.64. The molecule has 0 radical (unpaired) electrons. The Balaban J connectivity index is 1.65. The number of nitrogens with zero attached hydrogens (tertiary/aromatic N) is 3. The second kappa shape index (κ2) is 6.90. The average molecular weight is 296 g/mol. The van der Waals surface area contributed by atoms with Crippen molar-refractivity contribution >= 4 is 11.5 Å². The second-order valence-corrected chi connectivity index (χ2v) is 6.01. The van der Waals surface area contributed by atoms with E-state index in [1.807, 2.05) is 24.4 Å². The molecule has 1 aromatic carbocycles. The van der Waals surface area contributed by atoms with Crippen LogP contribution in [0, 0.1) is 0 Å². The van der Waals surface area contributed by atoms with Gasteiger partial charge in [-0.05, 0) is 30.7 Å². The zero-order valence-corrected chi connectivity index (χ0v) is 13.4. The lowest BCUT2D eigenvalue weighted by atomic mass is 10.2. The summed E-state index contributed by atoms with van der Waals surface area (Å²) in [4.78, 5) is 9.22. The van der Waals surface area contributed by atoms with E-state index in [-0.39, 0.29) is 0 Å². The molecule has 0 bridgehead atoms. The average Bonchev–Trinajstić information content (AvgIpc) is 2.56. The van der Waals surface area contributed by atoms with E-state index in [1.165, 1.54) is 5.56 Å². The highest BCUT2D eigenvalue weighted by molar-refractivity contribution is 5.58. The predicted molar refractivity (Wildman–Crippen MR) is 91.5 cm³/mol. The van der Waals surface area contributed by atoms with Crippen molar-refractivity contribution in [1.29, 1.82) is 0 Å². The monoisotopic (exact) mass is 296 g/mol. The van der Waals surface area contributed by atoms with Crippen molar-refractivity contribution in [2.24, 2.45) is 0 Å². The van der Waals surface area contributed by atoms with Gasteiger partial charge in [-0.25, -0.2) is 4.98 Å². The van der Waals surface area contributed by atoms with Gasteiger partial charge in [-0.15, -0.1) is 0 Å². The van der Waals surface area contributed by atoms with Gasteiger partial charge >= 0.3 is 0 Å². The van der Waals surface area contributed by atoms with Gasteiger partial charge < -0.3 is 10.2 Å². The highest BCUT2D eigenvalue weighted by Gasteiger charge is 2.15. The molecule has 1 aromatic heterocycles. The van der Waals surface area contributed by atoms with Crippen molar-refractivity contribution in [2.75, 3.05) is 31.6 Å². The first kappa shape index (κ1) is 15.0. The number of aromatic nitrogens is 1. The molecule has 0 aliphatic carbocycles. The number of rotatable bonds is 4. The quantitative estimate of drug-likeness (QED) is 0.940. The molecule has 0 unspecified atom stereocenters. The van der Waals surface area contributed by atoms with Crippen LogP contribution in [0.5, 0.6) is 0 Å². The SMILES string of the molecule is C[C@H]1CN(Cc2ccc(N(C)c3ccccc3)nc2)CCN1. The largest absolute Gasteiger partial charge is 0.329 e. The lowest BCUT2D eigenvalue weighted by Gasteiger charge is -2.31. The van der Waals surface area contributed by atoms with Gasteiger partial charge in [-0.2, -0.15) is 0 Å². The van der Waals surface area contributed by atoms with Crippen LogP contribution < -0.4 is 10.2 Å². The van der Waals surface area contributed by atoms with Crippen molar-refractivity contribution in [3.63, 3.8) is 0 Å². The summed E-state index contributed by atoms with van der Waals surface area (Å²) in [7, 11) is 2.05. The van der Waals surface area contributed by atoms with Crippen molar-refractivity contribution in [3.05, 3.63) is 54.2 Å². The lowest BCUT2D eigenvalue weighted by Crippen LogP contribution is -2.48. The summed E-state index contributed by atoms with van der Waals surface area (Å²) in [5, 5.41) is 3.48. The molecule has 1 aliphatic rings. The summed E-state index contributed by atoms with van der Waals surface area (Å²) in [6, 6.07) is 15.2. The molecule has 0 spiro atoms. The van der Waals surface area contributed by atoms with Gasteiger partial charge in [0.15, 0.2) is 0 Å². The molecular weight excluding hydrogens is 272 g/mol. The molecule has 0 saturated carbocycles. The van der Waals surface area contributed by atoms with Crippen LogP contribution in [-0.4, -0.2) is 42.6 Å². The molecular formula is C18H24N4. The van der Waals surface area contributed by atoms with E-state index in [4.69, 9.17) is 0 Å². The van der Waals surface area contributed by atoms with E-state index in [0.717, 1.165) is 37.7 Å². The van der Waals surface area contributed by atoms with E-state index >= 15 is 0 Å². The molecule has 4 heteroatoms. The third-order valence-electron chi connectivity index (χ3n) is 4.16. The van der Waals surface area contributed by atoms with Crippen LogP contribution in [0.1, 0.15) is 12.5 Å². The van der Waals surface area contributed by atoms with Crippen molar-refractivity contribution in [2.45, 2.75) is 19.5 Å². The molecule has 1 fully saturated rings. The maximum Gasteiger partial charge on any atom is 0.132 e. The summed E-state index contributed by atoms with van der Waals surface area (Å²) >= 11 is 0. The number of piperazine rings is 1. The van der Waals surface area contributed by atoms with Gasteiger partial charge in [0.05, 0.1) is 0 Å². The maximum atomic E-state index is 4.62. The Morgan fingerprint density at radius 3 is 2.73 bits per heavy atom. The Hall–Kier alpha value is -1.91. The zero-order chi connectivity index (χ0) is 15.4. The number of nitrogens with one attached hydrogen (secondary N) is 1. The van der Waals surface area contributed by atoms with Crippen molar-refractivity contribution < 1.29 is 0 Å². The summed E-state index contributed by atoms with van der Waals surface area (Å²) in [6.07, 6.45) is 2.00. The molecule has 1 atom stereocenters. The van der Waals surface area contributed by atoms with Gasteiger partial charge in [-0.3, -0.25) is 4.90 Å². The summed E-state index contributed by atoms with van der Waals surface area (Å²) < 4.78 is 0. The van der Waals surface area contributed by atoms with Gasteiger partial charge in [0.1, 0.15) is 5.82 Å². The fourth-order valence-electron chi connectivity index (χ4n) is 2.91. The Labute approximate surface area is 132 Å². The first-order valence-corrected chi connectivity index (χ1v) is 7.92. The van der Waals surface area contributed by atoms with Gasteiger partial charge in [0, 0.05) is 51.2 Å². The molecule has 0 amide bonds. The van der Waals surface area contributed by atoms with Crippen molar-refractivity contribution in [1.82, 2.24) is 15.2 Å². The fourth-order valence-corrected chi connectivity index (χ4v) is 2.91. The first-order valence-electron chi connectivity index (χ1n) is 7.92. The standard InChI is InChI=1S/C18H24N4/c1-15-13-22(11-10-19-15)14-16-8-9-18(20-12-16)21(2)17-6-4-3-5-7-17/h3-9,12,15,19H,10-11,13-14H2,1-2H3/t15-/m0/s1. The van der Waals surface area contributed by atoms with Crippen LogP contribution in [0.15, 0.2) is 48.7 Å². The van der Waals surface area contributed by atoms with Crippen LogP contribution in [0.4, 0.5) is 11.5 Å². The molecule has 1 saturated heterocycles. The minimum atomic E-state index is 0.574. The second-order valence-electron chi connectivity index (χ2n) is 6.01. The fraction of sp³-hybridized carbons (Fsp3) is 0.389. The van der Waals surface area contributed by atoms with E-state index in [9.17, 15) is 0 Å². The van der Waals surface area contributed by atoms with Crippen LogP contribution in [0.2, 0.25) is 0 Å². The maximum absolute atomic E-state index is 4.62. The molecule has 1 aliphatic heterocycles. The number of anilines is 2. The Morgan fingerprint density at radius 1 is 1.23 bits per heavy atom. The number of pyridine rings is 1. The number of benzene rings is 1. The topological polar surface area (TPSA) is 31.4 Å². The third-order valence-corrected chi connectivity index (χ3v) is 4.16. The normalized spacial score (nSPS) is 19.1. The number of hydrogen-bond acceptors (Lipinski definition) is 4. The zero-order valence-electron chi connectivity index (χ0n) is 13.4. The molecule has 4 nitrogen and oxygen atoms in total. The van der Waals surface area contributed by atoms with E-state index in [2.05, 4.69) is 58.3 Å². The van der Waals surface area contributed by atoms with Gasteiger partial charge in [-0.1, -0.05) is 24.3 Å². The van der Waals surface area contributed by atoms with E-state index < -0.39 is 0 Å². The molecule has 1 N–H and O–H groups in total. The van der Waals surface area contributed by atoms with E-state index in [1.54, 1.807) is 0 Å². The van der Waals surface area contributed by atoms with Gasteiger partial charge in [0.2, 0.25) is 0 Å². The molecule has 3 rings (SSSR count). The van der Waals surface area contributed by atoms with Crippen LogP contribution in [-0.2, 0) is 6.54 Å². The lowest BCUT2D eigenvalue weighted by molar-refractivity contribution is 0.199. The van der Waals surface area contributed by atoms with Crippen LogP contribution in [0.25, 0.3) is 0 Å². The number of hydrogen-bond donors (Lipinski definition) is 1. The number of para-hydroxylation sites is 1. The molecule has 22 heavy (non-hydrogen) atoms. The Morgan fingerprint density at radius 2 is 2.05 bits per heavy atom.